The summed E-state index contributed by atoms with van der Waals surface area (Å²) in [6.07, 6.45) is 3.17. The number of oxazole rings is 1. The highest BCUT2D eigenvalue weighted by molar-refractivity contribution is 5.97. The van der Waals surface area contributed by atoms with Crippen molar-refractivity contribution in [3.8, 4) is 0 Å². The van der Waals surface area contributed by atoms with E-state index in [4.69, 9.17) is 4.42 Å². The van der Waals surface area contributed by atoms with E-state index < -0.39 is 5.76 Å². The van der Waals surface area contributed by atoms with E-state index >= 15 is 0 Å². The monoisotopic (exact) mass is 352 g/mol. The Kier molecular flexibility index (Phi) is 4.00. The first kappa shape index (κ1) is 16.1. The Balaban J connectivity index is 1.44. The van der Waals surface area contributed by atoms with Crippen LogP contribution in [0.15, 0.2) is 51.9 Å². The van der Waals surface area contributed by atoms with Crippen LogP contribution in [0.25, 0.3) is 11.1 Å². The number of aromatic nitrogens is 2. The van der Waals surface area contributed by atoms with Gasteiger partial charge in [0, 0.05) is 49.7 Å². The zero-order chi connectivity index (χ0) is 18.1. The minimum atomic E-state index is -0.548. The Hall–Kier alpha value is -3.42. The van der Waals surface area contributed by atoms with Crippen molar-refractivity contribution in [2.75, 3.05) is 26.2 Å². The molecule has 8 nitrogen and oxygen atoms in total. The second-order valence-corrected chi connectivity index (χ2v) is 6.05. The molecular weight excluding hydrogens is 336 g/mol. The number of carbonyl (C=O) groups is 2. The molecule has 0 unspecified atom stereocenters. The second kappa shape index (κ2) is 6.47. The zero-order valence-electron chi connectivity index (χ0n) is 13.8. The highest BCUT2D eigenvalue weighted by Crippen LogP contribution is 2.16. The Morgan fingerprint density at radius 1 is 0.923 bits per heavy atom. The number of H-pyrrole nitrogens is 1. The number of pyridine rings is 1. The van der Waals surface area contributed by atoms with Gasteiger partial charge in [-0.1, -0.05) is 0 Å². The van der Waals surface area contributed by atoms with Gasteiger partial charge in [-0.3, -0.25) is 19.6 Å². The van der Waals surface area contributed by atoms with Crippen LogP contribution >= 0.6 is 0 Å². The van der Waals surface area contributed by atoms with E-state index in [2.05, 4.69) is 9.97 Å². The highest BCUT2D eigenvalue weighted by Gasteiger charge is 2.25. The van der Waals surface area contributed by atoms with Gasteiger partial charge in [-0.05, 0) is 30.3 Å². The van der Waals surface area contributed by atoms with Crippen LogP contribution in [0.2, 0.25) is 0 Å². The molecule has 3 heterocycles. The van der Waals surface area contributed by atoms with Gasteiger partial charge >= 0.3 is 5.76 Å². The molecule has 1 aliphatic rings. The molecule has 2 aromatic heterocycles. The minimum Gasteiger partial charge on any atom is -0.408 e. The third kappa shape index (κ3) is 2.97. The SMILES string of the molecule is O=C(c1ccncc1)N1CCN(C(=O)c2ccc3oc(=O)[nH]c3c2)CC1. The van der Waals surface area contributed by atoms with Gasteiger partial charge in [0.2, 0.25) is 0 Å². The number of aromatic amines is 1. The summed E-state index contributed by atoms with van der Waals surface area (Å²) in [6, 6.07) is 8.21. The van der Waals surface area contributed by atoms with Crippen molar-refractivity contribution in [1.82, 2.24) is 19.8 Å². The lowest BCUT2D eigenvalue weighted by atomic mass is 10.1. The van der Waals surface area contributed by atoms with E-state index in [1.54, 1.807) is 52.5 Å². The van der Waals surface area contributed by atoms with E-state index in [0.29, 0.717) is 48.4 Å². The van der Waals surface area contributed by atoms with E-state index in [1.165, 1.54) is 0 Å². The van der Waals surface area contributed by atoms with Crippen molar-refractivity contribution >= 4 is 22.9 Å². The van der Waals surface area contributed by atoms with Gasteiger partial charge in [-0.25, -0.2) is 4.79 Å². The summed E-state index contributed by atoms with van der Waals surface area (Å²) in [7, 11) is 0. The van der Waals surface area contributed by atoms with Gasteiger partial charge in [-0.15, -0.1) is 0 Å². The molecule has 1 saturated heterocycles. The molecule has 4 rings (SSSR count). The lowest BCUT2D eigenvalue weighted by Crippen LogP contribution is -2.50. The average Bonchev–Trinajstić information content (AvgIpc) is 3.07. The van der Waals surface area contributed by atoms with Crippen LogP contribution in [0.1, 0.15) is 20.7 Å². The van der Waals surface area contributed by atoms with Crippen molar-refractivity contribution in [1.29, 1.82) is 0 Å². The van der Waals surface area contributed by atoms with E-state index in [9.17, 15) is 14.4 Å². The fraction of sp³-hybridized carbons (Fsp3) is 0.222. The highest BCUT2D eigenvalue weighted by atomic mass is 16.4. The maximum atomic E-state index is 12.7. The molecule has 26 heavy (non-hydrogen) atoms. The van der Waals surface area contributed by atoms with Crippen molar-refractivity contribution in [2.24, 2.45) is 0 Å². The van der Waals surface area contributed by atoms with Gasteiger partial charge in [0.1, 0.15) is 0 Å². The maximum absolute atomic E-state index is 12.7. The number of nitrogens with one attached hydrogen (secondary N) is 1. The van der Waals surface area contributed by atoms with Crippen molar-refractivity contribution in [3.63, 3.8) is 0 Å². The van der Waals surface area contributed by atoms with Crippen LogP contribution in [0, 0.1) is 0 Å². The number of benzene rings is 1. The third-order valence-corrected chi connectivity index (χ3v) is 4.45. The van der Waals surface area contributed by atoms with Crippen LogP contribution < -0.4 is 5.76 Å². The summed E-state index contributed by atoms with van der Waals surface area (Å²) in [5, 5.41) is 0. The molecule has 2 amide bonds. The van der Waals surface area contributed by atoms with Crippen molar-refractivity contribution < 1.29 is 14.0 Å². The number of carbonyl (C=O) groups excluding carboxylic acids is 2. The number of hydrogen-bond acceptors (Lipinski definition) is 5. The Labute approximate surface area is 148 Å². The predicted molar refractivity (Wildman–Crippen MR) is 92.9 cm³/mol. The van der Waals surface area contributed by atoms with Crippen LogP contribution in [0.5, 0.6) is 0 Å². The fourth-order valence-electron chi connectivity index (χ4n) is 3.06. The second-order valence-electron chi connectivity index (χ2n) is 6.05. The first-order valence-electron chi connectivity index (χ1n) is 8.23. The third-order valence-electron chi connectivity index (χ3n) is 4.45. The van der Waals surface area contributed by atoms with E-state index in [0.717, 1.165) is 0 Å². The number of rotatable bonds is 2. The molecule has 0 radical (unpaired) electrons. The van der Waals surface area contributed by atoms with Gasteiger partial charge in [0.15, 0.2) is 5.58 Å². The molecule has 3 aromatic rings. The summed E-state index contributed by atoms with van der Waals surface area (Å²) < 4.78 is 4.95. The average molecular weight is 352 g/mol. The topological polar surface area (TPSA) is 99.5 Å². The summed E-state index contributed by atoms with van der Waals surface area (Å²) >= 11 is 0. The Morgan fingerprint density at radius 2 is 1.54 bits per heavy atom. The maximum Gasteiger partial charge on any atom is 0.417 e. The Bertz CT molecular complexity index is 1020. The molecule has 8 heteroatoms. The first-order chi connectivity index (χ1) is 12.6. The summed E-state index contributed by atoms with van der Waals surface area (Å²) in [5.41, 5.74) is 1.98. The van der Waals surface area contributed by atoms with E-state index in [1.807, 2.05) is 0 Å². The summed E-state index contributed by atoms with van der Waals surface area (Å²) in [5.74, 6) is -0.741. The van der Waals surface area contributed by atoms with Gasteiger partial charge < -0.3 is 14.2 Å². The van der Waals surface area contributed by atoms with Crippen molar-refractivity contribution in [3.05, 3.63) is 64.4 Å². The lowest BCUT2D eigenvalue weighted by molar-refractivity contribution is 0.0535. The molecule has 0 aliphatic carbocycles. The van der Waals surface area contributed by atoms with Gasteiger partial charge in [-0.2, -0.15) is 0 Å². The molecule has 1 aromatic carbocycles. The quantitative estimate of drug-likeness (QED) is 0.745. The number of hydrogen-bond donors (Lipinski definition) is 1. The number of nitrogens with zero attached hydrogens (tertiary/aromatic N) is 3. The summed E-state index contributed by atoms with van der Waals surface area (Å²) in [6.45, 7) is 1.85. The number of fused-ring (bicyclic) bond motifs is 1. The fourth-order valence-corrected chi connectivity index (χ4v) is 3.06. The van der Waals surface area contributed by atoms with Crippen LogP contribution in [-0.4, -0.2) is 57.8 Å². The molecule has 0 spiro atoms. The largest absolute Gasteiger partial charge is 0.417 e. The number of piperazine rings is 1. The molecule has 1 aliphatic heterocycles. The van der Waals surface area contributed by atoms with Crippen LogP contribution in [0.3, 0.4) is 0 Å². The molecule has 0 saturated carbocycles. The molecule has 0 atom stereocenters. The summed E-state index contributed by atoms with van der Waals surface area (Å²) in [4.78, 5) is 46.3. The predicted octanol–water partition coefficient (Wildman–Crippen LogP) is 1.11. The first-order valence-corrected chi connectivity index (χ1v) is 8.23. The Morgan fingerprint density at radius 3 is 2.19 bits per heavy atom. The normalized spacial score (nSPS) is 14.6. The standard InChI is InChI=1S/C18H16N4O4/c23-16(12-3-5-19-6-4-12)21-7-9-22(10-8-21)17(24)13-1-2-15-14(11-13)20-18(25)26-15/h1-6,11H,7-10H2,(H,20,25). The molecule has 0 bridgehead atoms. The van der Waals surface area contributed by atoms with E-state index in [-0.39, 0.29) is 11.8 Å². The minimum absolute atomic E-state index is 0.0584. The molecular formula is C18H16N4O4. The molecule has 1 N–H and O–H groups in total. The van der Waals surface area contributed by atoms with Gasteiger partial charge in [0.25, 0.3) is 11.8 Å². The molecule has 1 fully saturated rings. The smallest absolute Gasteiger partial charge is 0.408 e. The lowest BCUT2D eigenvalue weighted by Gasteiger charge is -2.34. The number of amides is 2. The van der Waals surface area contributed by atoms with Gasteiger partial charge in [0.05, 0.1) is 5.52 Å². The van der Waals surface area contributed by atoms with Crippen molar-refractivity contribution in [2.45, 2.75) is 0 Å². The molecule has 132 valence electrons. The zero-order valence-corrected chi connectivity index (χ0v) is 13.8. The van der Waals surface area contributed by atoms with Crippen LogP contribution in [0.4, 0.5) is 0 Å². The van der Waals surface area contributed by atoms with Crippen LogP contribution in [-0.2, 0) is 0 Å².